The second-order valence-corrected chi connectivity index (χ2v) is 9.67. The monoisotopic (exact) mass is 545 g/mol. The molecule has 3 amide bonds. The smallest absolute Gasteiger partial charge is 0.270 e. The maximum Gasteiger partial charge on any atom is 0.270 e. The Morgan fingerprint density at radius 2 is 1.71 bits per heavy atom. The maximum absolute atomic E-state index is 14.2. The summed E-state index contributed by atoms with van der Waals surface area (Å²) in [4.78, 5) is 45.7. The summed E-state index contributed by atoms with van der Waals surface area (Å²) < 4.78 is 41.5. The normalized spacial score (nSPS) is 15.6. The number of carbonyl (C=O) groups excluding carboxylic acids is 3. The highest BCUT2D eigenvalue weighted by Crippen LogP contribution is 2.38. The van der Waals surface area contributed by atoms with Gasteiger partial charge in [-0.15, -0.1) is 0 Å². The van der Waals surface area contributed by atoms with Crippen molar-refractivity contribution in [1.29, 1.82) is 0 Å². The molecule has 2 N–H and O–H groups in total. The second-order valence-electron chi connectivity index (χ2n) is 9.24. The molecule has 2 heterocycles. The van der Waals surface area contributed by atoms with Crippen molar-refractivity contribution in [2.75, 3.05) is 23.4 Å². The molecular weight excluding hydrogens is 523 g/mol. The molecule has 0 aliphatic carbocycles. The summed E-state index contributed by atoms with van der Waals surface area (Å²) in [5.41, 5.74) is -0.772. The van der Waals surface area contributed by atoms with Gasteiger partial charge >= 0.3 is 0 Å². The van der Waals surface area contributed by atoms with Gasteiger partial charge in [0.25, 0.3) is 11.8 Å². The van der Waals surface area contributed by atoms with Gasteiger partial charge in [0, 0.05) is 17.8 Å². The number of carbonyl (C=O) groups is 3. The molecule has 12 heteroatoms. The van der Waals surface area contributed by atoms with Crippen molar-refractivity contribution in [3.63, 3.8) is 0 Å². The molecule has 38 heavy (non-hydrogen) atoms. The molecule has 0 fully saturated rings. The van der Waals surface area contributed by atoms with Crippen LogP contribution in [0.1, 0.15) is 24.3 Å². The summed E-state index contributed by atoms with van der Waals surface area (Å²) in [6.07, 6.45) is 0.871. The minimum atomic E-state index is -1.52. The summed E-state index contributed by atoms with van der Waals surface area (Å²) in [5.74, 6) is -3.86. The van der Waals surface area contributed by atoms with E-state index in [1.54, 1.807) is 4.90 Å². The lowest BCUT2D eigenvalue weighted by atomic mass is 10.0. The Hall–Kier alpha value is -4.12. The largest absolute Gasteiger partial charge is 0.341 e. The zero-order valence-corrected chi connectivity index (χ0v) is 21.3. The number of hydrogen-bond acceptors (Lipinski definition) is 5. The fourth-order valence-corrected chi connectivity index (χ4v) is 4.22. The first-order valence-electron chi connectivity index (χ1n) is 11.4. The van der Waals surface area contributed by atoms with E-state index in [2.05, 4.69) is 15.6 Å². The number of halogens is 4. The van der Waals surface area contributed by atoms with E-state index in [0.29, 0.717) is 5.69 Å². The van der Waals surface area contributed by atoms with Crippen molar-refractivity contribution < 1.29 is 27.6 Å². The Morgan fingerprint density at radius 3 is 2.37 bits per heavy atom. The molecule has 1 unspecified atom stereocenters. The van der Waals surface area contributed by atoms with Gasteiger partial charge in [0.05, 0.1) is 24.1 Å². The molecule has 0 spiro atoms. The van der Waals surface area contributed by atoms with Crippen molar-refractivity contribution in [2.45, 2.75) is 25.4 Å². The number of amides is 3. The van der Waals surface area contributed by atoms with Crippen molar-refractivity contribution in [2.24, 2.45) is 0 Å². The number of pyridine rings is 1. The molecule has 1 aromatic heterocycles. The summed E-state index contributed by atoms with van der Waals surface area (Å²) >= 11 is 6.07. The van der Waals surface area contributed by atoms with Gasteiger partial charge in [-0.05, 0) is 62.4 Å². The van der Waals surface area contributed by atoms with E-state index in [1.807, 2.05) is 0 Å². The zero-order chi connectivity index (χ0) is 27.8. The van der Waals surface area contributed by atoms with E-state index >= 15 is 0 Å². The molecule has 198 valence electrons. The lowest BCUT2D eigenvalue weighted by Gasteiger charge is -2.30. The number of nitrogens with zero attached hydrogens (tertiary/aromatic N) is 3. The van der Waals surface area contributed by atoms with Crippen molar-refractivity contribution in [1.82, 2.24) is 15.6 Å². The average molecular weight is 546 g/mol. The minimum Gasteiger partial charge on any atom is -0.341 e. The van der Waals surface area contributed by atoms with Crippen LogP contribution in [0.3, 0.4) is 0 Å². The minimum absolute atomic E-state index is 0.103. The molecule has 0 saturated carbocycles. The Morgan fingerprint density at radius 1 is 1.00 bits per heavy atom. The van der Waals surface area contributed by atoms with E-state index in [4.69, 9.17) is 11.6 Å². The van der Waals surface area contributed by atoms with E-state index < -0.39 is 46.8 Å². The highest BCUT2D eigenvalue weighted by Gasteiger charge is 2.38. The highest BCUT2D eigenvalue weighted by atomic mass is 35.5. The molecule has 1 atom stereocenters. The van der Waals surface area contributed by atoms with E-state index in [9.17, 15) is 27.6 Å². The van der Waals surface area contributed by atoms with Gasteiger partial charge in [-0.3, -0.25) is 14.4 Å². The van der Waals surface area contributed by atoms with Gasteiger partial charge in [0.1, 0.15) is 34.7 Å². The van der Waals surface area contributed by atoms with Gasteiger partial charge in [-0.1, -0.05) is 11.6 Å². The van der Waals surface area contributed by atoms with Crippen LogP contribution in [-0.2, 0) is 9.59 Å². The van der Waals surface area contributed by atoms with Crippen LogP contribution in [0.15, 0.2) is 54.7 Å². The van der Waals surface area contributed by atoms with Crippen LogP contribution in [0.5, 0.6) is 0 Å². The fraction of sp³-hybridized carbons (Fsp3) is 0.231. The summed E-state index contributed by atoms with van der Waals surface area (Å²) in [6, 6.07) is 8.63. The van der Waals surface area contributed by atoms with Crippen molar-refractivity contribution >= 4 is 46.4 Å². The number of nitrogens with one attached hydrogen (secondary N) is 2. The number of rotatable bonds is 5. The molecule has 1 aliphatic heterocycles. The summed E-state index contributed by atoms with van der Waals surface area (Å²) in [6.45, 7) is 2.68. The zero-order valence-electron chi connectivity index (χ0n) is 20.6. The third-order valence-corrected chi connectivity index (χ3v) is 6.22. The number of hydrogen-bond donors (Lipinski definition) is 2. The van der Waals surface area contributed by atoms with Gasteiger partial charge in [0.15, 0.2) is 0 Å². The summed E-state index contributed by atoms with van der Waals surface area (Å²) in [5, 5.41) is 5.25. The number of fused-ring (bicyclic) bond motifs is 1. The first-order valence-corrected chi connectivity index (χ1v) is 11.8. The molecule has 0 saturated heterocycles. The Balaban J connectivity index is 1.64. The number of aromatic nitrogens is 1. The average Bonchev–Trinajstić information content (AvgIpc) is 2.94. The molecule has 3 aromatic rings. The number of anilines is 3. The highest BCUT2D eigenvalue weighted by molar-refractivity contribution is 6.30. The topological polar surface area (TPSA) is 94.6 Å². The molecule has 8 nitrogen and oxygen atoms in total. The first kappa shape index (κ1) is 26.9. The lowest BCUT2D eigenvalue weighted by molar-refractivity contribution is -0.130. The van der Waals surface area contributed by atoms with Gasteiger partial charge in [-0.25, -0.2) is 18.2 Å². The van der Waals surface area contributed by atoms with E-state index in [-0.39, 0.29) is 28.6 Å². The van der Waals surface area contributed by atoms with Crippen LogP contribution < -0.4 is 20.4 Å². The molecule has 1 aliphatic rings. The van der Waals surface area contributed by atoms with E-state index in [0.717, 1.165) is 24.4 Å². The number of likely N-dealkylation sites (N-methyl/N-ethyl adjacent to an activating group) is 1. The first-order chi connectivity index (χ1) is 17.9. The van der Waals surface area contributed by atoms with Crippen LogP contribution in [0.4, 0.5) is 30.2 Å². The van der Waals surface area contributed by atoms with Crippen LogP contribution >= 0.6 is 11.6 Å². The summed E-state index contributed by atoms with van der Waals surface area (Å²) in [7, 11) is 1.43. The van der Waals surface area contributed by atoms with Gasteiger partial charge in [0.2, 0.25) is 5.91 Å². The van der Waals surface area contributed by atoms with Crippen LogP contribution in [0.2, 0.25) is 5.02 Å². The predicted molar refractivity (Wildman–Crippen MR) is 136 cm³/mol. The number of benzene rings is 2. The predicted octanol–water partition coefficient (Wildman–Crippen LogP) is 3.96. The van der Waals surface area contributed by atoms with E-state index in [1.165, 1.54) is 56.1 Å². The van der Waals surface area contributed by atoms with Gasteiger partial charge in [-0.2, -0.15) is 0 Å². The maximum atomic E-state index is 14.2. The molecule has 2 aromatic carbocycles. The third-order valence-electron chi connectivity index (χ3n) is 6.00. The molecule has 0 bridgehead atoms. The molecular formula is C26H23ClF3N5O3. The van der Waals surface area contributed by atoms with Crippen molar-refractivity contribution in [3.05, 3.63) is 82.9 Å². The molecule has 0 radical (unpaired) electrons. The fourth-order valence-electron chi connectivity index (χ4n) is 4.01. The Labute approximate surface area is 221 Å². The third kappa shape index (κ3) is 5.57. The van der Waals surface area contributed by atoms with Crippen LogP contribution in [0, 0.1) is 17.5 Å². The SMILES string of the molecule is CN1C(=O)C(NC(=O)C(C)(C)NC(=O)c2ccc(F)cn2)CN(c2cc(F)cc(Cl)c2)c2ccc(F)cc21. The van der Waals surface area contributed by atoms with Crippen LogP contribution in [-0.4, -0.2) is 47.9 Å². The Kier molecular flexibility index (Phi) is 7.32. The second kappa shape index (κ2) is 10.3. The van der Waals surface area contributed by atoms with Crippen LogP contribution in [0.25, 0.3) is 0 Å². The molecule has 4 rings (SSSR count). The lowest BCUT2D eigenvalue weighted by Crippen LogP contribution is -2.60. The van der Waals surface area contributed by atoms with Crippen molar-refractivity contribution in [3.8, 4) is 0 Å². The quantitative estimate of drug-likeness (QED) is 0.506. The Bertz CT molecular complexity index is 1400. The van der Waals surface area contributed by atoms with Gasteiger partial charge < -0.3 is 20.4 Å². The standard InChI is InChI=1S/C26H23ClF3N5O3/c1-26(2,33-23(36)19-6-4-16(29)12-31-19)25(38)32-20-13-35(18-9-14(27)8-17(30)10-18)21-7-5-15(28)11-22(21)34(3)24(20)37/h4-12,20H,13H2,1-3H3,(H,32,38)(H,33,36).